The Hall–Kier alpha value is -2.86. The number of rotatable bonds is 10. The first-order valence-corrected chi connectivity index (χ1v) is 9.06. The minimum atomic E-state index is -0.202. The normalized spacial score (nSPS) is 10.3. The van der Waals surface area contributed by atoms with E-state index in [0.717, 1.165) is 23.2 Å². The van der Waals surface area contributed by atoms with Crippen molar-refractivity contribution in [3.05, 3.63) is 59.7 Å². The molecule has 0 heterocycles. The van der Waals surface area contributed by atoms with Gasteiger partial charge in [-0.05, 0) is 50.2 Å². The maximum Gasteiger partial charge on any atom is 0.262 e. The molecule has 6 heteroatoms. The predicted molar refractivity (Wildman–Crippen MR) is 107 cm³/mol. The van der Waals surface area contributed by atoms with Crippen LogP contribution in [-0.4, -0.2) is 38.6 Å². The highest BCUT2D eigenvalue weighted by Crippen LogP contribution is 2.13. The van der Waals surface area contributed by atoms with Crippen molar-refractivity contribution in [3.8, 4) is 5.75 Å². The van der Waals surface area contributed by atoms with Crippen LogP contribution in [0.3, 0.4) is 0 Å². The fraction of sp³-hybridized carbons (Fsp3) is 0.333. The van der Waals surface area contributed by atoms with Gasteiger partial charge in [0.15, 0.2) is 6.61 Å². The average molecular weight is 369 g/mol. The molecule has 0 aliphatic rings. The lowest BCUT2D eigenvalue weighted by molar-refractivity contribution is -0.121. The number of carbonyl (C=O) groups excluding carboxylic acids is 2. The molecule has 6 nitrogen and oxygen atoms in total. The first kappa shape index (κ1) is 20.5. The van der Waals surface area contributed by atoms with Gasteiger partial charge in [0.2, 0.25) is 5.91 Å². The van der Waals surface area contributed by atoms with Gasteiger partial charge in [-0.3, -0.25) is 9.59 Å². The highest BCUT2D eigenvalue weighted by Gasteiger charge is 2.04. The summed E-state index contributed by atoms with van der Waals surface area (Å²) < 4.78 is 5.52. The molecular formula is C21H27N3O3. The molecule has 0 spiro atoms. The Labute approximate surface area is 160 Å². The lowest BCUT2D eigenvalue weighted by Gasteiger charge is -2.09. The van der Waals surface area contributed by atoms with E-state index < -0.39 is 0 Å². The maximum atomic E-state index is 11.9. The number of hydrogen-bond donors (Lipinski definition) is 3. The quantitative estimate of drug-likeness (QED) is 0.600. The molecule has 0 fully saturated rings. The van der Waals surface area contributed by atoms with Gasteiger partial charge in [0.05, 0.1) is 0 Å². The highest BCUT2D eigenvalue weighted by molar-refractivity contribution is 5.91. The van der Waals surface area contributed by atoms with Crippen LogP contribution in [0.15, 0.2) is 48.5 Å². The van der Waals surface area contributed by atoms with Gasteiger partial charge >= 0.3 is 0 Å². The van der Waals surface area contributed by atoms with Crippen molar-refractivity contribution in [2.75, 3.05) is 32.1 Å². The molecule has 2 rings (SSSR count). The molecule has 0 bridgehead atoms. The molecule has 2 aromatic rings. The summed E-state index contributed by atoms with van der Waals surface area (Å²) in [5.74, 6) is 0.479. The number of aryl methyl sites for hydroxylation is 1. The van der Waals surface area contributed by atoms with Gasteiger partial charge in [0.25, 0.3) is 5.91 Å². The zero-order chi connectivity index (χ0) is 19.5. The van der Waals surface area contributed by atoms with Gasteiger partial charge in [-0.15, -0.1) is 0 Å². The first-order valence-electron chi connectivity index (χ1n) is 9.06. The lowest BCUT2D eigenvalue weighted by atomic mass is 10.1. The predicted octanol–water partition coefficient (Wildman–Crippen LogP) is 2.28. The van der Waals surface area contributed by atoms with E-state index in [1.165, 1.54) is 0 Å². The number of hydrogen-bond acceptors (Lipinski definition) is 4. The average Bonchev–Trinajstić information content (AvgIpc) is 2.67. The van der Waals surface area contributed by atoms with Crippen molar-refractivity contribution < 1.29 is 14.3 Å². The van der Waals surface area contributed by atoms with E-state index >= 15 is 0 Å². The van der Waals surface area contributed by atoms with Crippen LogP contribution in [0.5, 0.6) is 5.75 Å². The zero-order valence-electron chi connectivity index (χ0n) is 15.9. The number of nitrogens with one attached hydrogen (secondary N) is 3. The van der Waals surface area contributed by atoms with Crippen molar-refractivity contribution in [1.82, 2.24) is 10.6 Å². The standard InChI is InChI=1S/C21H27N3O3/c1-16-3-7-18(8-4-16)24-21(26)15-27-19-9-5-17(6-10-19)11-14-23-20(25)12-13-22-2/h3-10,22H,11-15H2,1-2H3,(H,23,25)(H,24,26). The molecule has 0 unspecified atom stereocenters. The Morgan fingerprint density at radius 1 is 0.926 bits per heavy atom. The van der Waals surface area contributed by atoms with Crippen LogP contribution in [0, 0.1) is 6.92 Å². The molecule has 0 atom stereocenters. The second-order valence-corrected chi connectivity index (χ2v) is 6.30. The summed E-state index contributed by atoms with van der Waals surface area (Å²) in [6.07, 6.45) is 1.23. The molecular weight excluding hydrogens is 342 g/mol. The van der Waals surface area contributed by atoms with Crippen molar-refractivity contribution in [2.45, 2.75) is 19.8 Å². The third-order valence-corrected chi connectivity index (χ3v) is 3.97. The summed E-state index contributed by atoms with van der Waals surface area (Å²) in [6.45, 7) is 3.22. The summed E-state index contributed by atoms with van der Waals surface area (Å²) >= 11 is 0. The van der Waals surface area contributed by atoms with Crippen molar-refractivity contribution in [2.24, 2.45) is 0 Å². The Kier molecular flexibility index (Phi) is 8.32. The molecule has 0 aliphatic heterocycles. The van der Waals surface area contributed by atoms with Crippen molar-refractivity contribution in [1.29, 1.82) is 0 Å². The van der Waals surface area contributed by atoms with E-state index in [4.69, 9.17) is 4.74 Å². The van der Waals surface area contributed by atoms with Crippen LogP contribution >= 0.6 is 0 Å². The Morgan fingerprint density at radius 2 is 1.63 bits per heavy atom. The monoisotopic (exact) mass is 369 g/mol. The molecule has 0 radical (unpaired) electrons. The Morgan fingerprint density at radius 3 is 2.30 bits per heavy atom. The zero-order valence-corrected chi connectivity index (χ0v) is 15.9. The summed E-state index contributed by atoms with van der Waals surface area (Å²) in [5, 5.41) is 8.62. The largest absolute Gasteiger partial charge is 0.484 e. The molecule has 144 valence electrons. The van der Waals surface area contributed by atoms with E-state index in [2.05, 4.69) is 16.0 Å². The molecule has 27 heavy (non-hydrogen) atoms. The number of benzene rings is 2. The topological polar surface area (TPSA) is 79.5 Å². The molecule has 2 amide bonds. The number of anilines is 1. The van der Waals surface area contributed by atoms with Gasteiger partial charge in [-0.2, -0.15) is 0 Å². The SMILES string of the molecule is CNCCC(=O)NCCc1ccc(OCC(=O)Nc2ccc(C)cc2)cc1. The van der Waals surface area contributed by atoms with Gasteiger partial charge < -0.3 is 20.7 Å². The fourth-order valence-electron chi connectivity index (χ4n) is 2.41. The lowest BCUT2D eigenvalue weighted by Crippen LogP contribution is -2.28. The maximum absolute atomic E-state index is 11.9. The number of carbonyl (C=O) groups is 2. The van der Waals surface area contributed by atoms with Gasteiger partial charge in [-0.1, -0.05) is 29.8 Å². The van der Waals surface area contributed by atoms with Crippen LogP contribution < -0.4 is 20.7 Å². The van der Waals surface area contributed by atoms with Gasteiger partial charge in [0.1, 0.15) is 5.75 Å². The van der Waals surface area contributed by atoms with Crippen LogP contribution in [-0.2, 0) is 16.0 Å². The minimum absolute atomic E-state index is 0.0453. The molecule has 0 saturated heterocycles. The van der Waals surface area contributed by atoms with E-state index in [1.54, 1.807) is 0 Å². The van der Waals surface area contributed by atoms with Crippen LogP contribution in [0.1, 0.15) is 17.5 Å². The molecule has 0 saturated carbocycles. The third kappa shape index (κ3) is 7.92. The number of ether oxygens (including phenoxy) is 1. The van der Waals surface area contributed by atoms with Crippen LogP contribution in [0.4, 0.5) is 5.69 Å². The molecule has 3 N–H and O–H groups in total. The molecule has 2 aromatic carbocycles. The van der Waals surface area contributed by atoms with Gasteiger partial charge in [-0.25, -0.2) is 0 Å². The van der Waals surface area contributed by atoms with E-state index in [1.807, 2.05) is 62.5 Å². The minimum Gasteiger partial charge on any atom is -0.484 e. The second-order valence-electron chi connectivity index (χ2n) is 6.30. The van der Waals surface area contributed by atoms with E-state index in [9.17, 15) is 9.59 Å². The highest BCUT2D eigenvalue weighted by atomic mass is 16.5. The summed E-state index contributed by atoms with van der Waals surface area (Å²) in [6, 6.07) is 15.1. The van der Waals surface area contributed by atoms with E-state index in [-0.39, 0.29) is 18.4 Å². The van der Waals surface area contributed by atoms with Crippen LogP contribution in [0.2, 0.25) is 0 Å². The van der Waals surface area contributed by atoms with Crippen molar-refractivity contribution >= 4 is 17.5 Å². The number of amides is 2. The van der Waals surface area contributed by atoms with Gasteiger partial charge in [0, 0.05) is 25.2 Å². The van der Waals surface area contributed by atoms with E-state index in [0.29, 0.717) is 25.3 Å². The van der Waals surface area contributed by atoms with Crippen molar-refractivity contribution in [3.63, 3.8) is 0 Å². The molecule has 0 aliphatic carbocycles. The molecule has 0 aromatic heterocycles. The fourth-order valence-corrected chi connectivity index (χ4v) is 2.41. The van der Waals surface area contributed by atoms with Crippen LogP contribution in [0.25, 0.3) is 0 Å². The second kappa shape index (κ2) is 11.0. The summed E-state index contributed by atoms with van der Waals surface area (Å²) in [7, 11) is 1.82. The first-order chi connectivity index (χ1) is 13.1. The smallest absolute Gasteiger partial charge is 0.262 e. The summed E-state index contributed by atoms with van der Waals surface area (Å²) in [5.41, 5.74) is 2.99. The Bertz CT molecular complexity index is 727. The Balaban J connectivity index is 1.69. The third-order valence-electron chi connectivity index (χ3n) is 3.97. The summed E-state index contributed by atoms with van der Waals surface area (Å²) in [4.78, 5) is 23.5.